The number of anilines is 1. The topological polar surface area (TPSA) is 60.1 Å². The summed E-state index contributed by atoms with van der Waals surface area (Å²) in [4.78, 5) is 6.67. The van der Waals surface area contributed by atoms with Crippen LogP contribution in [0.2, 0.25) is 0 Å². The largest absolute Gasteiger partial charge is 0.497 e. The molecule has 2 aliphatic heterocycles. The van der Waals surface area contributed by atoms with Crippen LogP contribution in [0, 0.1) is 0 Å². The van der Waals surface area contributed by atoms with E-state index in [2.05, 4.69) is 9.89 Å². The van der Waals surface area contributed by atoms with Gasteiger partial charge in [0.1, 0.15) is 5.75 Å². The molecule has 2 N–H and O–H groups in total. The van der Waals surface area contributed by atoms with Gasteiger partial charge in [0.2, 0.25) is 0 Å². The molecule has 1 atom stereocenters. The Hall–Kier alpha value is -1.75. The van der Waals surface area contributed by atoms with E-state index in [1.165, 1.54) is 0 Å². The smallest absolute Gasteiger partial charge is 0.196 e. The van der Waals surface area contributed by atoms with Crippen LogP contribution >= 0.6 is 0 Å². The molecule has 2 aliphatic rings. The lowest BCUT2D eigenvalue weighted by Crippen LogP contribution is -2.52. The van der Waals surface area contributed by atoms with Crippen LogP contribution in [-0.2, 0) is 4.74 Å². The summed E-state index contributed by atoms with van der Waals surface area (Å²) in [6.45, 7) is 2.36. The predicted octanol–water partition coefficient (Wildman–Crippen LogP) is 1.77. The number of nitrogens with zero attached hydrogens (tertiary/aromatic N) is 2. The van der Waals surface area contributed by atoms with Crippen molar-refractivity contribution in [3.8, 4) is 5.75 Å². The Labute approximate surface area is 119 Å². The quantitative estimate of drug-likeness (QED) is 0.893. The number of methoxy groups -OCH3 is 1. The van der Waals surface area contributed by atoms with Crippen LogP contribution in [0.25, 0.3) is 0 Å². The van der Waals surface area contributed by atoms with Gasteiger partial charge in [0.15, 0.2) is 5.96 Å². The van der Waals surface area contributed by atoms with Crippen LogP contribution in [-0.4, -0.2) is 38.4 Å². The SMILES string of the molecule is COc1ccc(N2C(N)=NCC23CCCOCC3)cc1. The Kier molecular flexibility index (Phi) is 3.53. The molecule has 0 aliphatic carbocycles. The minimum absolute atomic E-state index is 0.0187. The number of guanidine groups is 1. The van der Waals surface area contributed by atoms with Crippen LogP contribution in [0.15, 0.2) is 29.3 Å². The van der Waals surface area contributed by atoms with E-state index < -0.39 is 0 Å². The summed E-state index contributed by atoms with van der Waals surface area (Å²) in [5.74, 6) is 1.46. The Morgan fingerprint density at radius 1 is 1.25 bits per heavy atom. The van der Waals surface area contributed by atoms with Crippen molar-refractivity contribution < 1.29 is 9.47 Å². The molecule has 20 heavy (non-hydrogen) atoms. The molecule has 1 spiro atoms. The van der Waals surface area contributed by atoms with Gasteiger partial charge in [-0.05, 0) is 43.5 Å². The Morgan fingerprint density at radius 2 is 2.05 bits per heavy atom. The lowest BCUT2D eigenvalue weighted by Gasteiger charge is -2.38. The lowest BCUT2D eigenvalue weighted by atomic mass is 9.89. The zero-order chi connectivity index (χ0) is 14.0. The van der Waals surface area contributed by atoms with Gasteiger partial charge in [-0.2, -0.15) is 0 Å². The minimum atomic E-state index is -0.0187. The van der Waals surface area contributed by atoms with Crippen LogP contribution in [0.3, 0.4) is 0 Å². The molecule has 1 fully saturated rings. The maximum Gasteiger partial charge on any atom is 0.196 e. The maximum atomic E-state index is 6.14. The van der Waals surface area contributed by atoms with Gasteiger partial charge in [-0.3, -0.25) is 4.99 Å². The van der Waals surface area contributed by atoms with E-state index in [9.17, 15) is 0 Å². The number of benzene rings is 1. The number of hydrogen-bond acceptors (Lipinski definition) is 5. The third-order valence-electron chi connectivity index (χ3n) is 4.21. The molecule has 1 aromatic carbocycles. The fourth-order valence-electron chi connectivity index (χ4n) is 3.12. The molecule has 1 aromatic rings. The molecule has 2 heterocycles. The van der Waals surface area contributed by atoms with Gasteiger partial charge >= 0.3 is 0 Å². The molecule has 0 radical (unpaired) electrons. The van der Waals surface area contributed by atoms with Crippen LogP contribution in [0.1, 0.15) is 19.3 Å². The lowest BCUT2D eigenvalue weighted by molar-refractivity contribution is 0.140. The first-order valence-electron chi connectivity index (χ1n) is 7.07. The second-order valence-corrected chi connectivity index (χ2v) is 5.40. The van der Waals surface area contributed by atoms with Gasteiger partial charge in [-0.25, -0.2) is 0 Å². The first-order chi connectivity index (χ1) is 9.75. The van der Waals surface area contributed by atoms with Gasteiger partial charge < -0.3 is 20.1 Å². The van der Waals surface area contributed by atoms with Gasteiger partial charge in [0, 0.05) is 18.9 Å². The summed E-state index contributed by atoms with van der Waals surface area (Å²) < 4.78 is 10.8. The number of aliphatic imine (C=N–C) groups is 1. The zero-order valence-electron chi connectivity index (χ0n) is 11.8. The standard InChI is InChI=1S/C15H21N3O2/c1-19-13-5-3-12(4-6-13)18-14(16)17-11-15(18)7-2-9-20-10-8-15/h3-6H,2,7-11H2,1H3,(H2,16,17). The van der Waals surface area contributed by atoms with Crippen molar-refractivity contribution in [2.75, 3.05) is 31.8 Å². The Balaban J connectivity index is 1.92. The van der Waals surface area contributed by atoms with Crippen molar-refractivity contribution in [1.29, 1.82) is 0 Å². The molecular formula is C15H21N3O2. The number of rotatable bonds is 2. The summed E-state index contributed by atoms with van der Waals surface area (Å²) in [6, 6.07) is 8.00. The van der Waals surface area contributed by atoms with Crippen molar-refractivity contribution >= 4 is 11.6 Å². The second kappa shape index (κ2) is 5.32. The molecule has 0 bridgehead atoms. The van der Waals surface area contributed by atoms with Crippen molar-refractivity contribution in [2.24, 2.45) is 10.7 Å². The van der Waals surface area contributed by atoms with Crippen molar-refractivity contribution in [1.82, 2.24) is 0 Å². The van der Waals surface area contributed by atoms with Crippen molar-refractivity contribution in [3.05, 3.63) is 24.3 Å². The van der Waals surface area contributed by atoms with Gasteiger partial charge in [-0.15, -0.1) is 0 Å². The van der Waals surface area contributed by atoms with E-state index in [1.54, 1.807) is 7.11 Å². The van der Waals surface area contributed by atoms with E-state index in [0.29, 0.717) is 5.96 Å². The molecule has 1 unspecified atom stereocenters. The zero-order valence-corrected chi connectivity index (χ0v) is 11.8. The summed E-state index contributed by atoms with van der Waals surface area (Å²) in [5, 5.41) is 0. The van der Waals surface area contributed by atoms with Crippen molar-refractivity contribution in [3.63, 3.8) is 0 Å². The molecule has 0 aromatic heterocycles. The van der Waals surface area contributed by atoms with Gasteiger partial charge in [0.25, 0.3) is 0 Å². The van der Waals surface area contributed by atoms with Gasteiger partial charge in [0.05, 0.1) is 19.2 Å². The molecular weight excluding hydrogens is 254 g/mol. The maximum absolute atomic E-state index is 6.14. The summed E-state index contributed by atoms with van der Waals surface area (Å²) in [7, 11) is 1.67. The highest BCUT2D eigenvalue weighted by Gasteiger charge is 2.43. The highest BCUT2D eigenvalue weighted by atomic mass is 16.5. The number of nitrogens with two attached hydrogens (primary N) is 1. The minimum Gasteiger partial charge on any atom is -0.497 e. The first-order valence-corrected chi connectivity index (χ1v) is 7.07. The monoisotopic (exact) mass is 275 g/mol. The molecule has 1 saturated heterocycles. The average Bonchev–Trinajstić information content (AvgIpc) is 2.65. The van der Waals surface area contributed by atoms with Gasteiger partial charge in [-0.1, -0.05) is 0 Å². The van der Waals surface area contributed by atoms with E-state index in [-0.39, 0.29) is 5.54 Å². The average molecular weight is 275 g/mol. The predicted molar refractivity (Wildman–Crippen MR) is 79.4 cm³/mol. The van der Waals surface area contributed by atoms with Crippen LogP contribution < -0.4 is 15.4 Å². The van der Waals surface area contributed by atoms with E-state index in [4.69, 9.17) is 15.2 Å². The fourth-order valence-corrected chi connectivity index (χ4v) is 3.12. The Bertz CT molecular complexity index is 490. The third-order valence-corrected chi connectivity index (χ3v) is 4.21. The Morgan fingerprint density at radius 3 is 2.80 bits per heavy atom. The summed E-state index contributed by atoms with van der Waals surface area (Å²) >= 11 is 0. The fraction of sp³-hybridized carbons (Fsp3) is 0.533. The molecule has 3 rings (SSSR count). The molecule has 5 heteroatoms. The normalized spacial score (nSPS) is 26.4. The van der Waals surface area contributed by atoms with E-state index in [1.807, 2.05) is 24.3 Å². The molecule has 0 saturated carbocycles. The molecule has 5 nitrogen and oxygen atoms in total. The highest BCUT2D eigenvalue weighted by molar-refractivity contribution is 5.98. The number of ether oxygens (including phenoxy) is 2. The summed E-state index contributed by atoms with van der Waals surface area (Å²) in [6.07, 6.45) is 3.07. The van der Waals surface area contributed by atoms with Crippen LogP contribution in [0.5, 0.6) is 5.75 Å². The van der Waals surface area contributed by atoms with E-state index >= 15 is 0 Å². The summed E-state index contributed by atoms with van der Waals surface area (Å²) in [5.41, 5.74) is 7.20. The highest BCUT2D eigenvalue weighted by Crippen LogP contribution is 2.36. The number of hydrogen-bond donors (Lipinski definition) is 1. The van der Waals surface area contributed by atoms with E-state index in [0.717, 1.165) is 50.5 Å². The first kappa shape index (κ1) is 13.2. The second-order valence-electron chi connectivity index (χ2n) is 5.40. The molecule has 0 amide bonds. The third kappa shape index (κ3) is 2.22. The van der Waals surface area contributed by atoms with Crippen LogP contribution in [0.4, 0.5) is 5.69 Å². The van der Waals surface area contributed by atoms with Crippen molar-refractivity contribution in [2.45, 2.75) is 24.8 Å². The molecule has 108 valence electrons.